The van der Waals surface area contributed by atoms with Crippen molar-refractivity contribution in [2.24, 2.45) is 0 Å². The van der Waals surface area contributed by atoms with E-state index in [1.165, 1.54) is 37.7 Å². The molecule has 0 bridgehead atoms. The summed E-state index contributed by atoms with van der Waals surface area (Å²) in [7, 11) is 2.17. The number of rotatable bonds is 5. The van der Waals surface area contributed by atoms with Gasteiger partial charge in [0, 0.05) is 37.4 Å². The lowest BCUT2D eigenvalue weighted by atomic mass is 9.91. The largest absolute Gasteiger partial charge is 0.356 e. The van der Waals surface area contributed by atoms with Crippen LogP contribution in [0.2, 0.25) is 0 Å². The third-order valence-corrected chi connectivity index (χ3v) is 4.08. The maximum absolute atomic E-state index is 4.65. The summed E-state index contributed by atoms with van der Waals surface area (Å²) in [6.07, 6.45) is 8.59. The van der Waals surface area contributed by atoms with Gasteiger partial charge in [0.1, 0.15) is 11.6 Å². The number of hydrogen-bond acceptors (Lipinski definition) is 4. The van der Waals surface area contributed by atoms with Crippen LogP contribution in [0.4, 0.5) is 5.82 Å². The molecule has 1 aromatic heterocycles. The fraction of sp³-hybridized carbons (Fsp3) is 0.714. The van der Waals surface area contributed by atoms with E-state index in [2.05, 4.69) is 27.2 Å². The van der Waals surface area contributed by atoms with Crippen LogP contribution in [0.25, 0.3) is 0 Å². The van der Waals surface area contributed by atoms with Gasteiger partial charge in [0.25, 0.3) is 0 Å². The van der Waals surface area contributed by atoms with Crippen LogP contribution in [-0.2, 0) is 6.54 Å². The molecule has 1 N–H and O–H groups in total. The zero-order valence-corrected chi connectivity index (χ0v) is 11.3. The van der Waals surface area contributed by atoms with E-state index in [1.54, 1.807) is 0 Å². The topological polar surface area (TPSA) is 41.1 Å². The van der Waals surface area contributed by atoms with Gasteiger partial charge in [0.2, 0.25) is 0 Å². The lowest BCUT2D eigenvalue weighted by Gasteiger charge is -2.36. The smallest absolute Gasteiger partial charge is 0.136 e. The summed E-state index contributed by atoms with van der Waals surface area (Å²) in [5.74, 6) is 1.99. The Morgan fingerprint density at radius 2 is 2.11 bits per heavy atom. The zero-order chi connectivity index (χ0) is 12.5. The second-order valence-corrected chi connectivity index (χ2v) is 5.62. The Kier molecular flexibility index (Phi) is 3.20. The lowest BCUT2D eigenvalue weighted by molar-refractivity contribution is 0.398. The highest BCUT2D eigenvalue weighted by Gasteiger charge is 2.26. The molecule has 4 nitrogen and oxygen atoms in total. The summed E-state index contributed by atoms with van der Waals surface area (Å²) in [4.78, 5) is 11.3. The number of nitrogens with one attached hydrogen (secondary N) is 1. The predicted molar refractivity (Wildman–Crippen MR) is 72.7 cm³/mol. The van der Waals surface area contributed by atoms with Gasteiger partial charge >= 0.3 is 0 Å². The van der Waals surface area contributed by atoms with Crippen LogP contribution >= 0.6 is 0 Å². The number of hydrogen-bond donors (Lipinski definition) is 1. The summed E-state index contributed by atoms with van der Waals surface area (Å²) >= 11 is 0. The van der Waals surface area contributed by atoms with Crippen LogP contribution in [-0.4, -0.2) is 29.1 Å². The molecule has 18 heavy (non-hydrogen) atoms. The van der Waals surface area contributed by atoms with Gasteiger partial charge < -0.3 is 10.2 Å². The highest BCUT2D eigenvalue weighted by atomic mass is 15.2. The van der Waals surface area contributed by atoms with Crippen molar-refractivity contribution in [2.45, 2.75) is 57.7 Å². The zero-order valence-electron chi connectivity index (χ0n) is 11.3. The number of aryl methyl sites for hydroxylation is 1. The molecule has 0 unspecified atom stereocenters. The standard InChI is InChI=1S/C14H22N4/c1-10-15-8-11(9-16-12-6-7-12)14(17-10)18(2)13-4-3-5-13/h8,12-13,16H,3-7,9H2,1-2H3. The first kappa shape index (κ1) is 11.9. The molecule has 1 heterocycles. The molecule has 2 fully saturated rings. The Morgan fingerprint density at radius 3 is 2.72 bits per heavy atom. The monoisotopic (exact) mass is 246 g/mol. The summed E-state index contributed by atoms with van der Waals surface area (Å²) in [6, 6.07) is 1.41. The lowest BCUT2D eigenvalue weighted by Crippen LogP contribution is -2.38. The van der Waals surface area contributed by atoms with Crippen LogP contribution in [0.15, 0.2) is 6.20 Å². The molecule has 0 spiro atoms. The third kappa shape index (κ3) is 2.48. The first-order chi connectivity index (χ1) is 8.74. The second kappa shape index (κ2) is 4.84. The summed E-state index contributed by atoms with van der Waals surface area (Å²) in [5.41, 5.74) is 1.24. The number of nitrogens with zero attached hydrogens (tertiary/aromatic N) is 3. The van der Waals surface area contributed by atoms with Gasteiger partial charge in [0.15, 0.2) is 0 Å². The third-order valence-electron chi connectivity index (χ3n) is 4.08. The van der Waals surface area contributed by atoms with Gasteiger partial charge in [-0.1, -0.05) is 0 Å². The molecule has 0 amide bonds. The normalized spacial score (nSPS) is 19.7. The Hall–Kier alpha value is -1.16. The van der Waals surface area contributed by atoms with Crippen molar-refractivity contribution in [3.05, 3.63) is 17.6 Å². The Balaban J connectivity index is 1.77. The first-order valence-electron chi connectivity index (χ1n) is 7.03. The van der Waals surface area contributed by atoms with Crippen LogP contribution in [0.1, 0.15) is 43.5 Å². The Morgan fingerprint density at radius 1 is 1.33 bits per heavy atom. The van der Waals surface area contributed by atoms with E-state index in [4.69, 9.17) is 0 Å². The SMILES string of the molecule is Cc1ncc(CNC2CC2)c(N(C)C2CCC2)n1. The molecule has 2 saturated carbocycles. The van der Waals surface area contributed by atoms with Gasteiger partial charge in [-0.3, -0.25) is 0 Å². The van der Waals surface area contributed by atoms with E-state index >= 15 is 0 Å². The second-order valence-electron chi connectivity index (χ2n) is 5.62. The molecule has 2 aliphatic carbocycles. The molecule has 0 atom stereocenters. The minimum absolute atomic E-state index is 0.680. The van der Waals surface area contributed by atoms with Crippen molar-refractivity contribution >= 4 is 5.82 Å². The van der Waals surface area contributed by atoms with Crippen LogP contribution in [0.5, 0.6) is 0 Å². The molecule has 3 rings (SSSR count). The number of anilines is 1. The van der Waals surface area contributed by atoms with E-state index in [9.17, 15) is 0 Å². The van der Waals surface area contributed by atoms with Crippen molar-refractivity contribution in [1.29, 1.82) is 0 Å². The average Bonchev–Trinajstić information content (AvgIpc) is 3.08. The van der Waals surface area contributed by atoms with Crippen molar-refractivity contribution in [3.63, 3.8) is 0 Å². The minimum Gasteiger partial charge on any atom is -0.356 e. The van der Waals surface area contributed by atoms with E-state index in [0.717, 1.165) is 24.2 Å². The average molecular weight is 246 g/mol. The molecular formula is C14H22N4. The molecule has 0 radical (unpaired) electrons. The van der Waals surface area contributed by atoms with E-state index in [1.807, 2.05) is 13.1 Å². The van der Waals surface area contributed by atoms with Gasteiger partial charge in [-0.25, -0.2) is 9.97 Å². The fourth-order valence-corrected chi connectivity index (χ4v) is 2.40. The molecular weight excluding hydrogens is 224 g/mol. The van der Waals surface area contributed by atoms with E-state index in [-0.39, 0.29) is 0 Å². The maximum atomic E-state index is 4.65. The van der Waals surface area contributed by atoms with Gasteiger partial charge in [0.05, 0.1) is 0 Å². The van der Waals surface area contributed by atoms with Crippen LogP contribution < -0.4 is 10.2 Å². The maximum Gasteiger partial charge on any atom is 0.136 e. The van der Waals surface area contributed by atoms with Crippen molar-refractivity contribution in [2.75, 3.05) is 11.9 Å². The van der Waals surface area contributed by atoms with E-state index < -0.39 is 0 Å². The molecule has 4 heteroatoms. The summed E-state index contributed by atoms with van der Waals surface area (Å²) < 4.78 is 0. The quantitative estimate of drug-likeness (QED) is 0.863. The molecule has 2 aliphatic rings. The minimum atomic E-state index is 0.680. The van der Waals surface area contributed by atoms with Crippen molar-refractivity contribution in [1.82, 2.24) is 15.3 Å². The fourth-order valence-electron chi connectivity index (χ4n) is 2.40. The predicted octanol–water partition coefficient (Wildman–Crippen LogP) is 2.03. The van der Waals surface area contributed by atoms with Crippen LogP contribution in [0.3, 0.4) is 0 Å². The molecule has 1 aromatic rings. The Labute approximate surface area is 109 Å². The number of aromatic nitrogens is 2. The highest BCUT2D eigenvalue weighted by Crippen LogP contribution is 2.29. The molecule has 0 saturated heterocycles. The molecule has 98 valence electrons. The molecule has 0 aliphatic heterocycles. The summed E-state index contributed by atoms with van der Waals surface area (Å²) in [6.45, 7) is 2.87. The van der Waals surface area contributed by atoms with Gasteiger partial charge in [-0.2, -0.15) is 0 Å². The summed E-state index contributed by atoms with van der Waals surface area (Å²) in [5, 5.41) is 3.56. The molecule has 0 aromatic carbocycles. The van der Waals surface area contributed by atoms with E-state index in [0.29, 0.717) is 6.04 Å². The van der Waals surface area contributed by atoms with Crippen LogP contribution in [0, 0.1) is 6.92 Å². The van der Waals surface area contributed by atoms with Crippen molar-refractivity contribution in [3.8, 4) is 0 Å². The van der Waals surface area contributed by atoms with Gasteiger partial charge in [-0.05, 0) is 39.0 Å². The highest BCUT2D eigenvalue weighted by molar-refractivity contribution is 5.46. The first-order valence-corrected chi connectivity index (χ1v) is 7.03. The van der Waals surface area contributed by atoms with Crippen molar-refractivity contribution < 1.29 is 0 Å². The Bertz CT molecular complexity index is 424. The van der Waals surface area contributed by atoms with Gasteiger partial charge in [-0.15, -0.1) is 0 Å².